The maximum absolute atomic E-state index is 12.0. The maximum Gasteiger partial charge on any atom is 0.326 e. The molecule has 2 N–H and O–H groups in total. The molecule has 192 valence electrons. The number of carboxylic acid groups (broad SMARTS) is 1. The van der Waals surface area contributed by atoms with E-state index in [9.17, 15) is 9.90 Å². The monoisotopic (exact) mass is 491 g/mol. The summed E-state index contributed by atoms with van der Waals surface area (Å²) in [6.07, 6.45) is 9.79. The van der Waals surface area contributed by atoms with Crippen molar-refractivity contribution >= 4 is 22.7 Å². The molecule has 36 heavy (non-hydrogen) atoms. The van der Waals surface area contributed by atoms with Crippen molar-refractivity contribution in [1.29, 1.82) is 0 Å². The lowest BCUT2D eigenvalue weighted by atomic mass is 9.95. The van der Waals surface area contributed by atoms with Gasteiger partial charge in [0.2, 0.25) is 0 Å². The van der Waals surface area contributed by atoms with Crippen molar-refractivity contribution in [3.05, 3.63) is 59.7 Å². The number of unbranched alkanes of at least 4 members (excludes halogenated alkanes) is 1. The van der Waals surface area contributed by atoms with Crippen molar-refractivity contribution in [1.82, 2.24) is 19.9 Å². The largest absolute Gasteiger partial charge is 0.480 e. The Labute approximate surface area is 213 Å². The quantitative estimate of drug-likeness (QED) is 0.325. The highest BCUT2D eigenvalue weighted by Gasteiger charge is 2.20. The molecule has 8 nitrogen and oxygen atoms in total. The van der Waals surface area contributed by atoms with Gasteiger partial charge in [0, 0.05) is 37.0 Å². The molecule has 4 rings (SSSR count). The standard InChI is InChI=1S/C28H37N5O3/c1-36-19-18-33(16-7-6-9-22-14-13-21-8-2-4-11-24(21)31-22)17-15-26(28(34)35)32-27-23-10-3-5-12-25(23)29-20-30-27/h3,5,10,12-14,20,26H,2,4,6-9,11,15-19H2,1H3,(H,34,35)(H,29,30,32)/t26-/m0/s1. The fourth-order valence-electron chi connectivity index (χ4n) is 4.82. The molecule has 1 atom stereocenters. The van der Waals surface area contributed by atoms with E-state index < -0.39 is 12.0 Å². The molecule has 0 saturated heterocycles. The minimum atomic E-state index is -0.886. The molecule has 0 radical (unpaired) electrons. The topological polar surface area (TPSA) is 100 Å². The summed E-state index contributed by atoms with van der Waals surface area (Å²) < 4.78 is 5.30. The summed E-state index contributed by atoms with van der Waals surface area (Å²) in [6, 6.07) is 11.3. The van der Waals surface area contributed by atoms with Gasteiger partial charge in [0.05, 0.1) is 12.1 Å². The van der Waals surface area contributed by atoms with E-state index in [-0.39, 0.29) is 0 Å². The smallest absolute Gasteiger partial charge is 0.326 e. The summed E-state index contributed by atoms with van der Waals surface area (Å²) in [5.41, 5.74) is 4.69. The number of anilines is 1. The van der Waals surface area contributed by atoms with Gasteiger partial charge in [-0.25, -0.2) is 14.8 Å². The van der Waals surface area contributed by atoms with Gasteiger partial charge >= 0.3 is 5.97 Å². The second kappa shape index (κ2) is 13.3. The predicted octanol–water partition coefficient (Wildman–Crippen LogP) is 4.13. The van der Waals surface area contributed by atoms with Gasteiger partial charge < -0.3 is 20.1 Å². The third-order valence-corrected chi connectivity index (χ3v) is 6.89. The molecule has 0 spiro atoms. The van der Waals surface area contributed by atoms with E-state index in [0.29, 0.717) is 25.4 Å². The van der Waals surface area contributed by atoms with Crippen molar-refractivity contribution in [2.24, 2.45) is 0 Å². The number of fused-ring (bicyclic) bond motifs is 2. The second-order valence-electron chi connectivity index (χ2n) is 9.47. The average Bonchev–Trinajstić information content (AvgIpc) is 2.91. The molecule has 2 heterocycles. The number of rotatable bonds is 14. The molecular weight excluding hydrogens is 454 g/mol. The first-order valence-electron chi connectivity index (χ1n) is 13.0. The van der Waals surface area contributed by atoms with Gasteiger partial charge in [-0.3, -0.25) is 4.98 Å². The Morgan fingerprint density at radius 2 is 1.94 bits per heavy atom. The van der Waals surface area contributed by atoms with Gasteiger partial charge in [0.15, 0.2) is 0 Å². The lowest BCUT2D eigenvalue weighted by Crippen LogP contribution is -2.37. The molecule has 1 aromatic carbocycles. The Kier molecular flexibility index (Phi) is 9.58. The Bertz CT molecular complexity index is 1130. The zero-order valence-corrected chi connectivity index (χ0v) is 21.2. The van der Waals surface area contributed by atoms with E-state index in [0.717, 1.165) is 56.1 Å². The molecule has 2 aromatic heterocycles. The van der Waals surface area contributed by atoms with Crippen LogP contribution in [0.5, 0.6) is 0 Å². The third kappa shape index (κ3) is 7.21. The van der Waals surface area contributed by atoms with E-state index >= 15 is 0 Å². The number of aliphatic carboxylic acids is 1. The molecule has 3 aromatic rings. The lowest BCUT2D eigenvalue weighted by Gasteiger charge is -2.24. The number of aryl methyl sites for hydroxylation is 3. The number of pyridine rings is 1. The molecule has 0 saturated carbocycles. The van der Waals surface area contributed by atoms with Crippen molar-refractivity contribution in [3.63, 3.8) is 0 Å². The van der Waals surface area contributed by atoms with Crippen LogP contribution in [0.1, 0.15) is 49.1 Å². The first-order valence-corrected chi connectivity index (χ1v) is 13.0. The van der Waals surface area contributed by atoms with Crippen LogP contribution in [-0.2, 0) is 28.8 Å². The van der Waals surface area contributed by atoms with E-state index in [1.165, 1.54) is 36.1 Å². The van der Waals surface area contributed by atoms with Gasteiger partial charge in [0.25, 0.3) is 0 Å². The van der Waals surface area contributed by atoms with E-state index in [1.807, 2.05) is 24.3 Å². The molecule has 0 amide bonds. The summed E-state index contributed by atoms with van der Waals surface area (Å²) in [7, 11) is 1.70. The van der Waals surface area contributed by atoms with Crippen LogP contribution in [0.4, 0.5) is 5.82 Å². The summed E-state index contributed by atoms with van der Waals surface area (Å²) in [6.45, 7) is 2.95. The number of ether oxygens (including phenoxy) is 1. The molecule has 0 fully saturated rings. The fraction of sp³-hybridized carbons (Fsp3) is 0.500. The van der Waals surface area contributed by atoms with Gasteiger partial charge in [-0.05, 0) is 81.7 Å². The van der Waals surface area contributed by atoms with E-state index in [1.54, 1.807) is 7.11 Å². The van der Waals surface area contributed by atoms with E-state index in [2.05, 4.69) is 32.3 Å². The minimum Gasteiger partial charge on any atom is -0.480 e. The highest BCUT2D eigenvalue weighted by atomic mass is 16.5. The number of nitrogens with one attached hydrogen (secondary N) is 1. The number of benzene rings is 1. The highest BCUT2D eigenvalue weighted by Crippen LogP contribution is 2.21. The Morgan fingerprint density at radius 3 is 2.81 bits per heavy atom. The predicted molar refractivity (Wildman–Crippen MR) is 141 cm³/mol. The Balaban J connectivity index is 1.29. The number of methoxy groups -OCH3 is 1. The molecule has 1 aliphatic carbocycles. The van der Waals surface area contributed by atoms with Gasteiger partial charge in [-0.1, -0.05) is 18.2 Å². The second-order valence-corrected chi connectivity index (χ2v) is 9.47. The lowest BCUT2D eigenvalue weighted by molar-refractivity contribution is -0.138. The van der Waals surface area contributed by atoms with Gasteiger partial charge in [0.1, 0.15) is 18.2 Å². The van der Waals surface area contributed by atoms with Crippen LogP contribution < -0.4 is 5.32 Å². The molecule has 8 heteroatoms. The van der Waals surface area contributed by atoms with Gasteiger partial charge in [-0.2, -0.15) is 0 Å². The van der Waals surface area contributed by atoms with Crippen LogP contribution in [0.15, 0.2) is 42.7 Å². The number of carbonyl (C=O) groups is 1. The fourth-order valence-corrected chi connectivity index (χ4v) is 4.82. The van der Waals surface area contributed by atoms with Crippen LogP contribution in [0.25, 0.3) is 10.9 Å². The maximum atomic E-state index is 12.0. The normalized spacial score (nSPS) is 14.1. The third-order valence-electron chi connectivity index (χ3n) is 6.89. The van der Waals surface area contributed by atoms with Crippen molar-refractivity contribution in [2.75, 3.05) is 38.7 Å². The van der Waals surface area contributed by atoms with Crippen LogP contribution in [0, 0.1) is 0 Å². The van der Waals surface area contributed by atoms with Crippen LogP contribution in [-0.4, -0.2) is 70.3 Å². The Hall–Kier alpha value is -3.10. The number of carboxylic acids is 1. The highest BCUT2D eigenvalue weighted by molar-refractivity contribution is 5.90. The van der Waals surface area contributed by atoms with Crippen LogP contribution in [0.3, 0.4) is 0 Å². The number of hydrogen-bond donors (Lipinski definition) is 2. The van der Waals surface area contributed by atoms with Crippen molar-refractivity contribution < 1.29 is 14.6 Å². The van der Waals surface area contributed by atoms with Crippen molar-refractivity contribution in [3.8, 4) is 0 Å². The van der Waals surface area contributed by atoms with Crippen LogP contribution >= 0.6 is 0 Å². The summed E-state index contributed by atoms with van der Waals surface area (Å²) in [5, 5.41) is 13.8. The number of hydrogen-bond acceptors (Lipinski definition) is 7. The number of para-hydroxylation sites is 1. The Morgan fingerprint density at radius 1 is 1.08 bits per heavy atom. The summed E-state index contributed by atoms with van der Waals surface area (Å²) in [4.78, 5) is 27.8. The van der Waals surface area contributed by atoms with E-state index in [4.69, 9.17) is 9.72 Å². The van der Waals surface area contributed by atoms with Gasteiger partial charge in [-0.15, -0.1) is 0 Å². The summed E-state index contributed by atoms with van der Waals surface area (Å²) in [5.74, 6) is -0.336. The molecule has 0 aliphatic heterocycles. The zero-order valence-electron chi connectivity index (χ0n) is 21.2. The van der Waals surface area contributed by atoms with Crippen LogP contribution in [0.2, 0.25) is 0 Å². The first kappa shape index (κ1) is 26.0. The molecule has 0 bridgehead atoms. The molecule has 1 aliphatic rings. The minimum absolute atomic E-state index is 0.462. The average molecular weight is 492 g/mol. The zero-order chi connectivity index (χ0) is 25.2. The first-order chi connectivity index (χ1) is 17.6. The molecule has 0 unspecified atom stereocenters. The number of aromatic nitrogens is 3. The SMILES string of the molecule is COCCN(CCCCc1ccc2c(n1)CCCC2)CC[C@H](Nc1ncnc2ccccc12)C(=O)O. The molecular formula is C28H37N5O3. The number of nitrogens with zero attached hydrogens (tertiary/aromatic N) is 4. The summed E-state index contributed by atoms with van der Waals surface area (Å²) >= 11 is 0. The van der Waals surface area contributed by atoms with Crippen molar-refractivity contribution in [2.45, 2.75) is 57.4 Å².